The van der Waals surface area contributed by atoms with Gasteiger partial charge in [-0.15, -0.1) is 0 Å². The second-order valence-corrected chi connectivity index (χ2v) is 7.65. The van der Waals surface area contributed by atoms with Crippen molar-refractivity contribution in [1.29, 1.82) is 0 Å². The van der Waals surface area contributed by atoms with Crippen LogP contribution in [0, 0.1) is 5.92 Å². The summed E-state index contributed by atoms with van der Waals surface area (Å²) < 4.78 is 0. The van der Waals surface area contributed by atoms with E-state index in [-0.39, 0.29) is 23.8 Å². The van der Waals surface area contributed by atoms with Crippen molar-refractivity contribution in [2.24, 2.45) is 5.92 Å². The van der Waals surface area contributed by atoms with Crippen LogP contribution in [-0.2, 0) is 4.79 Å². The van der Waals surface area contributed by atoms with Gasteiger partial charge in [0.15, 0.2) is 0 Å². The Morgan fingerprint density at radius 3 is 2.38 bits per heavy atom. The summed E-state index contributed by atoms with van der Waals surface area (Å²) in [6.07, 6.45) is 2.92. The Bertz CT molecular complexity index is 619. The Kier molecular flexibility index (Phi) is 6.27. The van der Waals surface area contributed by atoms with E-state index in [1.54, 1.807) is 24.3 Å². The van der Waals surface area contributed by atoms with Crippen LogP contribution in [0.5, 0.6) is 0 Å². The summed E-state index contributed by atoms with van der Waals surface area (Å²) in [5, 5.41) is 5.96. The number of anilines is 1. The minimum absolute atomic E-state index is 0.0593. The first kappa shape index (κ1) is 18.9. The first-order chi connectivity index (χ1) is 12.5. The van der Waals surface area contributed by atoms with Gasteiger partial charge in [0.05, 0.1) is 0 Å². The van der Waals surface area contributed by atoms with Gasteiger partial charge >= 0.3 is 0 Å². The molecule has 2 amide bonds. The summed E-state index contributed by atoms with van der Waals surface area (Å²) in [5.41, 5.74) is 1.38. The Hall–Kier alpha value is -1.92. The van der Waals surface area contributed by atoms with Crippen LogP contribution in [0.2, 0.25) is 0 Å². The number of nitrogens with zero attached hydrogens (tertiary/aromatic N) is 2. The molecule has 1 saturated heterocycles. The van der Waals surface area contributed by atoms with E-state index >= 15 is 0 Å². The molecule has 1 aliphatic heterocycles. The van der Waals surface area contributed by atoms with E-state index in [0.29, 0.717) is 5.56 Å². The van der Waals surface area contributed by atoms with E-state index in [0.717, 1.165) is 57.7 Å². The molecule has 6 heteroatoms. The number of benzene rings is 1. The average molecular weight is 358 g/mol. The predicted octanol–water partition coefficient (Wildman–Crippen LogP) is 1.79. The zero-order valence-corrected chi connectivity index (χ0v) is 15.8. The molecule has 142 valence electrons. The fraction of sp³-hybridized carbons (Fsp3) is 0.600. The molecule has 6 nitrogen and oxygen atoms in total. The summed E-state index contributed by atoms with van der Waals surface area (Å²) in [5.74, 6) is 0.204. The minimum atomic E-state index is -0.0593. The van der Waals surface area contributed by atoms with Gasteiger partial charge in [0.2, 0.25) is 5.91 Å². The standard InChI is InChI=1S/C20H30N4O2/c1-15(9-10-24-13-11-23(2)12-14-24)21-19(25)17-5-7-18(8-6-17)22-20(26)16-3-4-16/h5-8,15-16H,3-4,9-14H2,1-2H3,(H,21,25)(H,22,26)/t15-/m0/s1. The second kappa shape index (κ2) is 8.64. The molecule has 0 bridgehead atoms. The predicted molar refractivity (Wildman–Crippen MR) is 103 cm³/mol. The van der Waals surface area contributed by atoms with Crippen LogP contribution in [0.4, 0.5) is 5.69 Å². The third-order valence-corrected chi connectivity index (χ3v) is 5.21. The molecule has 1 atom stereocenters. The number of nitrogens with one attached hydrogen (secondary N) is 2. The van der Waals surface area contributed by atoms with Crippen molar-refractivity contribution in [3.8, 4) is 0 Å². The fourth-order valence-corrected chi connectivity index (χ4v) is 3.12. The third kappa shape index (κ3) is 5.54. The molecule has 3 rings (SSSR count). The molecule has 1 saturated carbocycles. The average Bonchev–Trinajstić information content (AvgIpc) is 3.47. The molecule has 0 spiro atoms. The largest absolute Gasteiger partial charge is 0.350 e. The van der Waals surface area contributed by atoms with Gasteiger partial charge in [-0.3, -0.25) is 9.59 Å². The zero-order chi connectivity index (χ0) is 18.5. The number of rotatable bonds is 7. The van der Waals surface area contributed by atoms with Gasteiger partial charge in [0.25, 0.3) is 5.91 Å². The molecule has 0 radical (unpaired) electrons. The molecule has 2 aliphatic rings. The highest BCUT2D eigenvalue weighted by Gasteiger charge is 2.29. The van der Waals surface area contributed by atoms with Crippen molar-refractivity contribution in [3.05, 3.63) is 29.8 Å². The zero-order valence-electron chi connectivity index (χ0n) is 15.8. The number of likely N-dealkylation sites (N-methyl/N-ethyl adjacent to an activating group) is 1. The van der Waals surface area contributed by atoms with Gasteiger partial charge in [0.1, 0.15) is 0 Å². The highest BCUT2D eigenvalue weighted by molar-refractivity contribution is 5.96. The van der Waals surface area contributed by atoms with Crippen LogP contribution in [-0.4, -0.2) is 67.4 Å². The first-order valence-corrected chi connectivity index (χ1v) is 9.64. The number of hydrogen-bond acceptors (Lipinski definition) is 4. The lowest BCUT2D eigenvalue weighted by Gasteiger charge is -2.32. The fourth-order valence-electron chi connectivity index (χ4n) is 3.12. The maximum atomic E-state index is 12.4. The van der Waals surface area contributed by atoms with E-state index in [1.165, 1.54) is 0 Å². The van der Waals surface area contributed by atoms with E-state index in [9.17, 15) is 9.59 Å². The number of piperazine rings is 1. The lowest BCUT2D eigenvalue weighted by Crippen LogP contribution is -2.46. The summed E-state index contributed by atoms with van der Waals surface area (Å²) in [6.45, 7) is 7.50. The van der Waals surface area contributed by atoms with Crippen molar-refractivity contribution >= 4 is 17.5 Å². The molecule has 1 aromatic rings. The minimum Gasteiger partial charge on any atom is -0.350 e. The van der Waals surface area contributed by atoms with Gasteiger partial charge in [-0.05, 0) is 57.5 Å². The maximum Gasteiger partial charge on any atom is 0.251 e. The van der Waals surface area contributed by atoms with Crippen LogP contribution >= 0.6 is 0 Å². The van der Waals surface area contributed by atoms with Gasteiger partial charge in [-0.1, -0.05) is 0 Å². The highest BCUT2D eigenvalue weighted by Crippen LogP contribution is 2.30. The lowest BCUT2D eigenvalue weighted by atomic mass is 10.1. The molecule has 1 aliphatic carbocycles. The van der Waals surface area contributed by atoms with E-state index in [2.05, 4.69) is 34.4 Å². The molecule has 2 fully saturated rings. The summed E-state index contributed by atoms with van der Waals surface area (Å²) >= 11 is 0. The first-order valence-electron chi connectivity index (χ1n) is 9.64. The number of carbonyl (C=O) groups excluding carboxylic acids is 2. The number of carbonyl (C=O) groups is 2. The molecular formula is C20H30N4O2. The summed E-state index contributed by atoms with van der Waals surface area (Å²) in [6, 6.07) is 7.26. The molecule has 1 heterocycles. The quantitative estimate of drug-likeness (QED) is 0.780. The Morgan fingerprint density at radius 1 is 1.12 bits per heavy atom. The van der Waals surface area contributed by atoms with Crippen molar-refractivity contribution < 1.29 is 9.59 Å². The van der Waals surface area contributed by atoms with E-state index in [4.69, 9.17) is 0 Å². The molecule has 0 aromatic heterocycles. The van der Waals surface area contributed by atoms with Crippen LogP contribution in [0.3, 0.4) is 0 Å². The Balaban J connectivity index is 1.41. The van der Waals surface area contributed by atoms with Crippen LogP contribution < -0.4 is 10.6 Å². The van der Waals surface area contributed by atoms with Gasteiger partial charge in [-0.25, -0.2) is 0 Å². The second-order valence-electron chi connectivity index (χ2n) is 7.65. The van der Waals surface area contributed by atoms with Crippen molar-refractivity contribution in [1.82, 2.24) is 15.1 Å². The Labute approximate surface area is 155 Å². The molecule has 2 N–H and O–H groups in total. The topological polar surface area (TPSA) is 64.7 Å². The number of amides is 2. The van der Waals surface area contributed by atoms with Crippen LogP contribution in [0.15, 0.2) is 24.3 Å². The highest BCUT2D eigenvalue weighted by atomic mass is 16.2. The third-order valence-electron chi connectivity index (χ3n) is 5.21. The van der Waals surface area contributed by atoms with Crippen molar-refractivity contribution in [2.75, 3.05) is 45.1 Å². The monoisotopic (exact) mass is 358 g/mol. The number of hydrogen-bond donors (Lipinski definition) is 2. The van der Waals surface area contributed by atoms with Gasteiger partial charge in [0, 0.05) is 55.9 Å². The molecule has 1 aromatic carbocycles. The van der Waals surface area contributed by atoms with E-state index < -0.39 is 0 Å². The van der Waals surface area contributed by atoms with Gasteiger partial charge in [-0.2, -0.15) is 0 Å². The summed E-state index contributed by atoms with van der Waals surface area (Å²) in [4.78, 5) is 28.9. The Morgan fingerprint density at radius 2 is 1.77 bits per heavy atom. The summed E-state index contributed by atoms with van der Waals surface area (Å²) in [7, 11) is 2.16. The van der Waals surface area contributed by atoms with Crippen LogP contribution in [0.1, 0.15) is 36.5 Å². The molecular weight excluding hydrogens is 328 g/mol. The maximum absolute atomic E-state index is 12.4. The van der Waals surface area contributed by atoms with E-state index in [1.807, 2.05) is 0 Å². The van der Waals surface area contributed by atoms with Crippen LogP contribution in [0.25, 0.3) is 0 Å². The molecule has 0 unspecified atom stereocenters. The van der Waals surface area contributed by atoms with Crippen molar-refractivity contribution in [2.45, 2.75) is 32.2 Å². The SMILES string of the molecule is C[C@@H](CCN1CCN(C)CC1)NC(=O)c1ccc(NC(=O)C2CC2)cc1. The van der Waals surface area contributed by atoms with Gasteiger partial charge < -0.3 is 20.4 Å². The smallest absolute Gasteiger partial charge is 0.251 e. The normalized spacial score (nSPS) is 19.8. The lowest BCUT2D eigenvalue weighted by molar-refractivity contribution is -0.117. The van der Waals surface area contributed by atoms with Crippen molar-refractivity contribution in [3.63, 3.8) is 0 Å². The molecule has 26 heavy (non-hydrogen) atoms.